The third-order valence-corrected chi connectivity index (χ3v) is 4.38. The lowest BCUT2D eigenvalue weighted by atomic mass is 10.1. The molecular weight excluding hydrogens is 332 g/mol. The van der Waals surface area contributed by atoms with E-state index in [4.69, 9.17) is 9.47 Å². The Morgan fingerprint density at radius 3 is 2.54 bits per heavy atom. The molecule has 6 nitrogen and oxygen atoms in total. The lowest BCUT2D eigenvalue weighted by Crippen LogP contribution is -2.38. The molecule has 1 heterocycles. The average Bonchev–Trinajstić information content (AvgIpc) is 3.02. The minimum Gasteiger partial charge on any atom is -0.497 e. The minimum atomic E-state index is -0.195. The average molecular weight is 354 g/mol. The molecule has 0 saturated carbocycles. The molecule has 1 aliphatic heterocycles. The summed E-state index contributed by atoms with van der Waals surface area (Å²) in [5.41, 5.74) is 1.68. The second-order valence-electron chi connectivity index (χ2n) is 6.20. The van der Waals surface area contributed by atoms with Crippen molar-refractivity contribution in [3.05, 3.63) is 54.1 Å². The Morgan fingerprint density at radius 1 is 1.12 bits per heavy atom. The first-order valence-electron chi connectivity index (χ1n) is 8.46. The Morgan fingerprint density at radius 2 is 1.85 bits per heavy atom. The third kappa shape index (κ3) is 4.14. The van der Waals surface area contributed by atoms with Crippen LogP contribution in [0.4, 0.5) is 5.69 Å². The second-order valence-corrected chi connectivity index (χ2v) is 6.20. The summed E-state index contributed by atoms with van der Waals surface area (Å²) >= 11 is 0. The van der Waals surface area contributed by atoms with E-state index in [2.05, 4.69) is 5.32 Å². The molecular formula is C20H22N2O4. The number of anilines is 1. The van der Waals surface area contributed by atoms with E-state index in [9.17, 15) is 9.59 Å². The van der Waals surface area contributed by atoms with E-state index in [0.29, 0.717) is 18.7 Å². The van der Waals surface area contributed by atoms with Crippen LogP contribution in [0.25, 0.3) is 0 Å². The first-order chi connectivity index (χ1) is 12.6. The van der Waals surface area contributed by atoms with Crippen molar-refractivity contribution in [1.82, 2.24) is 5.32 Å². The predicted molar refractivity (Wildman–Crippen MR) is 98.6 cm³/mol. The lowest BCUT2D eigenvalue weighted by molar-refractivity contribution is -0.121. The number of carbonyl (C=O) groups excluding carboxylic acids is 2. The molecule has 0 bridgehead atoms. The zero-order valence-electron chi connectivity index (χ0n) is 14.9. The van der Waals surface area contributed by atoms with Crippen molar-refractivity contribution in [3.63, 3.8) is 0 Å². The smallest absolute Gasteiger partial charge is 0.229 e. The van der Waals surface area contributed by atoms with Crippen molar-refractivity contribution in [3.8, 4) is 11.5 Å². The number of amides is 2. The van der Waals surface area contributed by atoms with Crippen LogP contribution in [0.2, 0.25) is 0 Å². The van der Waals surface area contributed by atoms with Gasteiger partial charge in [-0.25, -0.2) is 0 Å². The number of hydrogen-bond donors (Lipinski definition) is 1. The zero-order chi connectivity index (χ0) is 18.5. The van der Waals surface area contributed by atoms with E-state index < -0.39 is 0 Å². The van der Waals surface area contributed by atoms with Gasteiger partial charge < -0.3 is 19.7 Å². The van der Waals surface area contributed by atoms with E-state index >= 15 is 0 Å². The highest BCUT2D eigenvalue weighted by molar-refractivity contribution is 5.97. The number of nitrogens with one attached hydrogen (secondary N) is 1. The normalized spacial score (nSPS) is 16.5. The third-order valence-electron chi connectivity index (χ3n) is 4.38. The highest BCUT2D eigenvalue weighted by atomic mass is 16.5. The number of carbonyl (C=O) groups is 2. The van der Waals surface area contributed by atoms with E-state index in [-0.39, 0.29) is 24.3 Å². The number of nitrogens with zero attached hydrogens (tertiary/aromatic N) is 1. The monoisotopic (exact) mass is 354 g/mol. The highest BCUT2D eigenvalue weighted by Crippen LogP contribution is 2.25. The zero-order valence-corrected chi connectivity index (χ0v) is 14.9. The van der Waals surface area contributed by atoms with Gasteiger partial charge in [0.1, 0.15) is 11.5 Å². The van der Waals surface area contributed by atoms with E-state index in [1.54, 1.807) is 19.1 Å². The quantitative estimate of drug-likeness (QED) is 0.863. The van der Waals surface area contributed by atoms with Crippen LogP contribution in [0.5, 0.6) is 11.5 Å². The van der Waals surface area contributed by atoms with E-state index in [1.807, 2.05) is 48.5 Å². The molecule has 6 heteroatoms. The summed E-state index contributed by atoms with van der Waals surface area (Å²) in [4.78, 5) is 26.3. The van der Waals surface area contributed by atoms with Crippen LogP contribution in [0.15, 0.2) is 48.5 Å². The molecule has 3 rings (SSSR count). The van der Waals surface area contributed by atoms with Crippen molar-refractivity contribution in [2.24, 2.45) is 0 Å². The topological polar surface area (TPSA) is 67.9 Å². The van der Waals surface area contributed by atoms with Crippen LogP contribution in [0.1, 0.15) is 12.0 Å². The maximum absolute atomic E-state index is 12.3. The van der Waals surface area contributed by atoms with Crippen LogP contribution in [-0.2, 0) is 16.0 Å². The Labute approximate surface area is 152 Å². The molecule has 0 spiro atoms. The maximum atomic E-state index is 12.3. The van der Waals surface area contributed by atoms with Crippen LogP contribution in [0, 0.1) is 0 Å². The van der Waals surface area contributed by atoms with Crippen LogP contribution >= 0.6 is 0 Å². The molecule has 0 aliphatic carbocycles. The molecule has 1 saturated heterocycles. The van der Waals surface area contributed by atoms with Gasteiger partial charge in [-0.1, -0.05) is 18.2 Å². The molecule has 26 heavy (non-hydrogen) atoms. The van der Waals surface area contributed by atoms with Crippen molar-refractivity contribution < 1.29 is 19.1 Å². The van der Waals surface area contributed by atoms with Gasteiger partial charge in [0.2, 0.25) is 11.8 Å². The standard InChI is InChI=1S/C20H22N2O4/c1-25-17-8-6-14(7-9-17)10-19(23)21-15-11-20(24)22(13-15)16-4-3-5-18(12-16)26-2/h3-9,12,15H,10-11,13H2,1-2H3,(H,21,23)/t15-/m0/s1. The fourth-order valence-electron chi connectivity index (χ4n) is 3.04. The molecule has 2 amide bonds. The van der Waals surface area contributed by atoms with Crippen LogP contribution in [-0.4, -0.2) is 38.6 Å². The molecule has 0 unspecified atom stereocenters. The fourth-order valence-corrected chi connectivity index (χ4v) is 3.04. The van der Waals surface area contributed by atoms with Gasteiger partial charge in [0, 0.05) is 24.7 Å². The summed E-state index contributed by atoms with van der Waals surface area (Å²) in [5.74, 6) is 1.35. The Balaban J connectivity index is 1.58. The molecule has 2 aromatic rings. The minimum absolute atomic E-state index is 0.00648. The molecule has 1 N–H and O–H groups in total. The maximum Gasteiger partial charge on any atom is 0.229 e. The first kappa shape index (κ1) is 17.8. The molecule has 1 atom stereocenters. The van der Waals surface area contributed by atoms with E-state index in [1.165, 1.54) is 0 Å². The summed E-state index contributed by atoms with van der Waals surface area (Å²) in [6, 6.07) is 14.5. The summed E-state index contributed by atoms with van der Waals surface area (Å²) < 4.78 is 10.3. The SMILES string of the molecule is COc1ccc(CC(=O)N[C@H]2CC(=O)N(c3cccc(OC)c3)C2)cc1. The van der Waals surface area contributed by atoms with Crippen molar-refractivity contribution >= 4 is 17.5 Å². The van der Waals surface area contributed by atoms with Crippen molar-refractivity contribution in [1.29, 1.82) is 0 Å². The van der Waals surface area contributed by atoms with Crippen LogP contribution < -0.4 is 19.7 Å². The highest BCUT2D eigenvalue weighted by Gasteiger charge is 2.31. The van der Waals surface area contributed by atoms with E-state index in [0.717, 1.165) is 17.0 Å². The van der Waals surface area contributed by atoms with Gasteiger partial charge in [0.05, 0.1) is 26.7 Å². The number of benzene rings is 2. The first-order valence-corrected chi connectivity index (χ1v) is 8.46. The number of hydrogen-bond acceptors (Lipinski definition) is 4. The molecule has 2 aromatic carbocycles. The molecule has 136 valence electrons. The van der Waals surface area contributed by atoms with Gasteiger partial charge in [-0.05, 0) is 29.8 Å². The Hall–Kier alpha value is -3.02. The van der Waals surface area contributed by atoms with Crippen molar-refractivity contribution in [2.75, 3.05) is 25.7 Å². The number of methoxy groups -OCH3 is 2. The van der Waals surface area contributed by atoms with Gasteiger partial charge in [0.15, 0.2) is 0 Å². The Kier molecular flexibility index (Phi) is 5.41. The van der Waals surface area contributed by atoms with Gasteiger partial charge in [0.25, 0.3) is 0 Å². The van der Waals surface area contributed by atoms with Gasteiger partial charge in [-0.3, -0.25) is 9.59 Å². The summed E-state index contributed by atoms with van der Waals surface area (Å²) in [6.45, 7) is 0.459. The molecule has 1 aliphatic rings. The summed E-state index contributed by atoms with van der Waals surface area (Å²) in [6.07, 6.45) is 0.569. The summed E-state index contributed by atoms with van der Waals surface area (Å²) in [7, 11) is 3.19. The molecule has 1 fully saturated rings. The van der Waals surface area contributed by atoms with Gasteiger partial charge in [-0.15, -0.1) is 0 Å². The lowest BCUT2D eigenvalue weighted by Gasteiger charge is -2.18. The molecule has 0 aromatic heterocycles. The van der Waals surface area contributed by atoms with Gasteiger partial charge >= 0.3 is 0 Å². The summed E-state index contributed by atoms with van der Waals surface area (Å²) in [5, 5.41) is 2.95. The Bertz CT molecular complexity index is 789. The number of rotatable bonds is 6. The van der Waals surface area contributed by atoms with Gasteiger partial charge in [-0.2, -0.15) is 0 Å². The van der Waals surface area contributed by atoms with Crippen LogP contribution in [0.3, 0.4) is 0 Å². The predicted octanol–water partition coefficient (Wildman–Crippen LogP) is 2.17. The molecule has 0 radical (unpaired) electrons. The second kappa shape index (κ2) is 7.91. The number of ether oxygens (including phenoxy) is 2. The van der Waals surface area contributed by atoms with Crippen molar-refractivity contribution in [2.45, 2.75) is 18.9 Å². The largest absolute Gasteiger partial charge is 0.497 e. The fraction of sp³-hybridized carbons (Fsp3) is 0.300.